The fourth-order valence-corrected chi connectivity index (χ4v) is 4.18. The van der Waals surface area contributed by atoms with Gasteiger partial charge in [0.05, 0.1) is 16.2 Å². The zero-order valence-electron chi connectivity index (χ0n) is 16.0. The average Bonchev–Trinajstić information content (AvgIpc) is 3.37. The Morgan fingerprint density at radius 3 is 2.97 bits per heavy atom. The Labute approximate surface area is 177 Å². The van der Waals surface area contributed by atoms with E-state index in [4.69, 9.17) is 17.3 Å². The number of halogens is 2. The summed E-state index contributed by atoms with van der Waals surface area (Å²) in [5.41, 5.74) is 7.52. The number of carbonyl (C=O) groups is 1. The van der Waals surface area contributed by atoms with E-state index in [1.54, 1.807) is 36.2 Å². The van der Waals surface area contributed by atoms with Gasteiger partial charge in [0.2, 0.25) is 5.91 Å². The minimum absolute atomic E-state index is 0.0142. The van der Waals surface area contributed by atoms with Crippen LogP contribution in [0.15, 0.2) is 36.7 Å². The van der Waals surface area contributed by atoms with E-state index >= 15 is 0 Å². The molecule has 5 rings (SSSR count). The van der Waals surface area contributed by atoms with Gasteiger partial charge in [-0.05, 0) is 30.7 Å². The minimum atomic E-state index is -0.564. The molecule has 1 aliphatic carbocycles. The standard InChI is InChI=1S/C22H17ClFN5O/c1-29-10-13-9-22(13,21(29)30)6-5-12-7-18-14(8-16(12)25)20(27-11-26-18)28-17-4-2-3-15(23)19(17)24/h2-4,7-8,11,13H,9-10,25H2,1H3,(H,26,27,28). The number of hydrogen-bond donors (Lipinski definition) is 2. The number of likely N-dealkylation sites (tertiary alicyclic amines) is 1. The van der Waals surface area contributed by atoms with Crippen molar-refractivity contribution in [1.29, 1.82) is 0 Å². The predicted molar refractivity (Wildman–Crippen MR) is 114 cm³/mol. The summed E-state index contributed by atoms with van der Waals surface area (Å²) in [7, 11) is 1.80. The Morgan fingerprint density at radius 2 is 2.20 bits per heavy atom. The smallest absolute Gasteiger partial charge is 0.240 e. The van der Waals surface area contributed by atoms with Crippen molar-refractivity contribution in [2.75, 3.05) is 24.6 Å². The zero-order chi connectivity index (χ0) is 21.0. The monoisotopic (exact) mass is 421 g/mol. The van der Waals surface area contributed by atoms with Gasteiger partial charge >= 0.3 is 0 Å². The molecule has 2 heterocycles. The number of piperidine rings is 1. The van der Waals surface area contributed by atoms with Crippen molar-refractivity contribution in [3.05, 3.63) is 53.1 Å². The highest BCUT2D eigenvalue weighted by Gasteiger charge is 2.65. The summed E-state index contributed by atoms with van der Waals surface area (Å²) in [6.45, 7) is 0.753. The van der Waals surface area contributed by atoms with Gasteiger partial charge in [0, 0.05) is 36.1 Å². The number of carbonyl (C=O) groups excluding carboxylic acids is 1. The maximum atomic E-state index is 14.3. The van der Waals surface area contributed by atoms with E-state index in [9.17, 15) is 9.18 Å². The number of rotatable bonds is 2. The van der Waals surface area contributed by atoms with E-state index in [0.717, 1.165) is 13.0 Å². The zero-order valence-corrected chi connectivity index (χ0v) is 16.8. The van der Waals surface area contributed by atoms with Crippen LogP contribution in [0.3, 0.4) is 0 Å². The van der Waals surface area contributed by atoms with Gasteiger partial charge in [-0.3, -0.25) is 4.79 Å². The minimum Gasteiger partial charge on any atom is -0.398 e. The molecule has 2 fully saturated rings. The third-order valence-corrected chi connectivity index (χ3v) is 6.05. The molecule has 2 unspecified atom stereocenters. The Bertz CT molecular complexity index is 1280. The number of nitrogens with two attached hydrogens (primary N) is 1. The molecule has 2 aromatic carbocycles. The molecule has 2 aliphatic rings. The van der Waals surface area contributed by atoms with Gasteiger partial charge in [-0.2, -0.15) is 0 Å². The maximum absolute atomic E-state index is 14.3. The summed E-state index contributed by atoms with van der Waals surface area (Å²) in [6, 6.07) is 8.15. The number of anilines is 3. The van der Waals surface area contributed by atoms with Gasteiger partial charge in [-0.1, -0.05) is 29.5 Å². The Hall–Kier alpha value is -3.37. The average molecular weight is 422 g/mol. The van der Waals surface area contributed by atoms with Crippen molar-refractivity contribution in [2.24, 2.45) is 11.3 Å². The molecule has 30 heavy (non-hydrogen) atoms. The van der Waals surface area contributed by atoms with Crippen LogP contribution in [0.4, 0.5) is 21.6 Å². The Kier molecular flexibility index (Phi) is 4.09. The summed E-state index contributed by atoms with van der Waals surface area (Å²) in [5.74, 6) is 6.46. The fourth-order valence-electron chi connectivity index (χ4n) is 4.01. The summed E-state index contributed by atoms with van der Waals surface area (Å²) in [6.07, 6.45) is 2.18. The maximum Gasteiger partial charge on any atom is 0.240 e. The third kappa shape index (κ3) is 2.84. The van der Waals surface area contributed by atoms with Crippen molar-refractivity contribution >= 4 is 45.6 Å². The van der Waals surface area contributed by atoms with Crippen LogP contribution in [0.1, 0.15) is 12.0 Å². The number of aromatic nitrogens is 2. The number of amides is 1. The topological polar surface area (TPSA) is 84.1 Å². The number of nitrogens with one attached hydrogen (secondary N) is 1. The fraction of sp³-hybridized carbons (Fsp3) is 0.227. The van der Waals surface area contributed by atoms with Gasteiger partial charge < -0.3 is 16.0 Å². The second kappa shape index (κ2) is 6.57. The third-order valence-electron chi connectivity index (χ3n) is 5.76. The number of hydrogen-bond acceptors (Lipinski definition) is 5. The lowest BCUT2D eigenvalue weighted by atomic mass is 10.0. The molecule has 1 aromatic heterocycles. The van der Waals surface area contributed by atoms with E-state index in [0.29, 0.717) is 33.9 Å². The molecule has 1 amide bonds. The summed E-state index contributed by atoms with van der Waals surface area (Å²) < 4.78 is 14.3. The molecule has 8 heteroatoms. The lowest BCUT2D eigenvalue weighted by Gasteiger charge is -2.12. The van der Waals surface area contributed by atoms with Crippen LogP contribution in [0, 0.1) is 29.0 Å². The molecule has 1 saturated heterocycles. The summed E-state index contributed by atoms with van der Waals surface area (Å²) >= 11 is 5.86. The van der Waals surface area contributed by atoms with Crippen molar-refractivity contribution in [3.63, 3.8) is 0 Å². The first-order valence-corrected chi connectivity index (χ1v) is 9.81. The highest BCUT2D eigenvalue weighted by atomic mass is 35.5. The SMILES string of the molecule is CN1CC2CC2(C#Cc2cc3ncnc(Nc4cccc(Cl)c4F)c3cc2N)C1=O. The highest BCUT2D eigenvalue weighted by Crippen LogP contribution is 2.57. The first-order chi connectivity index (χ1) is 14.4. The van der Waals surface area contributed by atoms with Gasteiger partial charge in [-0.15, -0.1) is 0 Å². The first kappa shape index (κ1) is 18.6. The molecule has 6 nitrogen and oxygen atoms in total. The molecule has 0 radical (unpaired) electrons. The van der Waals surface area contributed by atoms with E-state index in [2.05, 4.69) is 27.1 Å². The molecule has 2 atom stereocenters. The van der Waals surface area contributed by atoms with Crippen molar-refractivity contribution < 1.29 is 9.18 Å². The van der Waals surface area contributed by atoms with Gasteiger partial charge in [-0.25, -0.2) is 14.4 Å². The van der Waals surface area contributed by atoms with Crippen LogP contribution < -0.4 is 11.1 Å². The van der Waals surface area contributed by atoms with Gasteiger partial charge in [0.15, 0.2) is 5.82 Å². The van der Waals surface area contributed by atoms with Crippen LogP contribution in [0.5, 0.6) is 0 Å². The molecule has 150 valence electrons. The summed E-state index contributed by atoms with van der Waals surface area (Å²) in [4.78, 5) is 22.6. The second-order valence-corrected chi connectivity index (χ2v) is 8.12. The van der Waals surface area contributed by atoms with Crippen LogP contribution in [-0.2, 0) is 4.79 Å². The first-order valence-electron chi connectivity index (χ1n) is 9.43. The van der Waals surface area contributed by atoms with Crippen molar-refractivity contribution in [1.82, 2.24) is 14.9 Å². The summed E-state index contributed by atoms with van der Waals surface area (Å²) in [5, 5.41) is 3.59. The Morgan fingerprint density at radius 1 is 1.37 bits per heavy atom. The van der Waals surface area contributed by atoms with E-state index in [1.165, 1.54) is 12.4 Å². The normalized spacial score (nSPS) is 21.9. The van der Waals surface area contributed by atoms with Crippen LogP contribution >= 0.6 is 11.6 Å². The van der Waals surface area contributed by atoms with Gasteiger partial charge in [0.1, 0.15) is 17.6 Å². The highest BCUT2D eigenvalue weighted by molar-refractivity contribution is 6.31. The number of nitrogens with zero attached hydrogens (tertiary/aromatic N) is 3. The predicted octanol–water partition coefficient (Wildman–Crippen LogP) is 3.58. The molecule has 3 aromatic rings. The van der Waals surface area contributed by atoms with Crippen molar-refractivity contribution in [3.8, 4) is 11.8 Å². The van der Waals surface area contributed by atoms with E-state index < -0.39 is 11.2 Å². The number of benzene rings is 2. The second-order valence-electron chi connectivity index (χ2n) is 7.71. The molecule has 1 saturated carbocycles. The molecule has 0 bridgehead atoms. The Balaban J connectivity index is 1.51. The number of fused-ring (bicyclic) bond motifs is 2. The largest absolute Gasteiger partial charge is 0.398 e. The quantitative estimate of drug-likeness (QED) is 0.488. The van der Waals surface area contributed by atoms with Crippen LogP contribution in [0.2, 0.25) is 5.02 Å². The molecular formula is C22H17ClFN5O. The number of nitrogen functional groups attached to an aromatic ring is 1. The molecular weight excluding hydrogens is 405 g/mol. The van der Waals surface area contributed by atoms with E-state index in [-0.39, 0.29) is 16.6 Å². The molecule has 3 N–H and O–H groups in total. The lowest BCUT2D eigenvalue weighted by molar-refractivity contribution is -0.130. The molecule has 0 spiro atoms. The van der Waals surface area contributed by atoms with E-state index in [1.807, 2.05) is 0 Å². The van der Waals surface area contributed by atoms with Crippen molar-refractivity contribution in [2.45, 2.75) is 6.42 Å². The van der Waals surface area contributed by atoms with Gasteiger partial charge in [0.25, 0.3) is 0 Å². The van der Waals surface area contributed by atoms with Crippen LogP contribution in [-0.4, -0.2) is 34.4 Å². The van der Waals surface area contributed by atoms with Crippen LogP contribution in [0.25, 0.3) is 10.9 Å². The lowest BCUT2D eigenvalue weighted by Crippen LogP contribution is -2.27. The molecule has 1 aliphatic heterocycles.